The number of nitrogens with zero attached hydrogens (tertiary/aromatic N) is 2. The Morgan fingerprint density at radius 2 is 2.35 bits per heavy atom. The Kier molecular flexibility index (Phi) is 2.92. The van der Waals surface area contributed by atoms with E-state index in [4.69, 9.17) is 4.74 Å². The number of rotatable bonds is 4. The van der Waals surface area contributed by atoms with Gasteiger partial charge in [-0.05, 0) is 19.3 Å². The summed E-state index contributed by atoms with van der Waals surface area (Å²) < 4.78 is 7.55. The van der Waals surface area contributed by atoms with Gasteiger partial charge in [0.25, 0.3) is 0 Å². The lowest BCUT2D eigenvalue weighted by Gasteiger charge is -2.39. The first-order valence-corrected chi connectivity index (χ1v) is 6.55. The average molecular weight is 235 g/mol. The first-order chi connectivity index (χ1) is 8.27. The van der Waals surface area contributed by atoms with Crippen LogP contribution in [0.15, 0.2) is 18.7 Å². The molecule has 0 spiro atoms. The molecule has 1 aliphatic heterocycles. The Morgan fingerprint density at radius 3 is 3.00 bits per heavy atom. The number of nitrogens with one attached hydrogen (secondary N) is 1. The molecule has 94 valence electrons. The standard InChI is InChI=1S/C13H21N3O/c1-13(8-17-9-13)7-15-11-3-2-4-12(11)16-6-5-14-10-16/h5-6,10-12,15H,2-4,7-9H2,1H3. The summed E-state index contributed by atoms with van der Waals surface area (Å²) >= 11 is 0. The van der Waals surface area contributed by atoms with Crippen LogP contribution in [0.3, 0.4) is 0 Å². The third-order valence-corrected chi connectivity index (χ3v) is 4.08. The van der Waals surface area contributed by atoms with Gasteiger partial charge in [0.15, 0.2) is 0 Å². The summed E-state index contributed by atoms with van der Waals surface area (Å²) in [6.45, 7) is 5.18. The molecule has 1 N–H and O–H groups in total. The number of ether oxygens (including phenoxy) is 1. The lowest BCUT2D eigenvalue weighted by atomic mass is 9.88. The van der Waals surface area contributed by atoms with Crippen molar-refractivity contribution in [2.75, 3.05) is 19.8 Å². The van der Waals surface area contributed by atoms with Crippen LogP contribution in [-0.2, 0) is 4.74 Å². The lowest BCUT2D eigenvalue weighted by Crippen LogP contribution is -2.50. The largest absolute Gasteiger partial charge is 0.380 e. The van der Waals surface area contributed by atoms with Crippen LogP contribution in [0.2, 0.25) is 0 Å². The minimum atomic E-state index is 0.363. The van der Waals surface area contributed by atoms with E-state index in [0.717, 1.165) is 19.8 Å². The van der Waals surface area contributed by atoms with Gasteiger partial charge in [0.1, 0.15) is 0 Å². The van der Waals surface area contributed by atoms with Crippen molar-refractivity contribution in [2.24, 2.45) is 5.41 Å². The maximum atomic E-state index is 5.30. The van der Waals surface area contributed by atoms with Gasteiger partial charge in [-0.1, -0.05) is 6.92 Å². The highest BCUT2D eigenvalue weighted by Gasteiger charge is 2.35. The van der Waals surface area contributed by atoms with E-state index in [1.165, 1.54) is 19.3 Å². The molecule has 0 amide bonds. The van der Waals surface area contributed by atoms with E-state index in [9.17, 15) is 0 Å². The van der Waals surface area contributed by atoms with Crippen molar-refractivity contribution in [3.8, 4) is 0 Å². The normalized spacial score (nSPS) is 31.4. The van der Waals surface area contributed by atoms with Gasteiger partial charge >= 0.3 is 0 Å². The second kappa shape index (κ2) is 4.42. The van der Waals surface area contributed by atoms with Crippen molar-refractivity contribution in [3.63, 3.8) is 0 Å². The zero-order valence-corrected chi connectivity index (χ0v) is 10.4. The van der Waals surface area contributed by atoms with Crippen molar-refractivity contribution in [3.05, 3.63) is 18.7 Å². The quantitative estimate of drug-likeness (QED) is 0.861. The van der Waals surface area contributed by atoms with Gasteiger partial charge in [-0.2, -0.15) is 0 Å². The van der Waals surface area contributed by atoms with E-state index < -0.39 is 0 Å². The van der Waals surface area contributed by atoms with Gasteiger partial charge < -0.3 is 14.6 Å². The molecule has 4 heteroatoms. The van der Waals surface area contributed by atoms with Crippen LogP contribution < -0.4 is 5.32 Å². The fourth-order valence-corrected chi connectivity index (χ4v) is 2.93. The summed E-state index contributed by atoms with van der Waals surface area (Å²) in [5, 5.41) is 3.73. The summed E-state index contributed by atoms with van der Waals surface area (Å²) in [5.41, 5.74) is 0.363. The fourth-order valence-electron chi connectivity index (χ4n) is 2.93. The second-order valence-electron chi connectivity index (χ2n) is 5.80. The maximum Gasteiger partial charge on any atom is 0.0949 e. The molecular weight excluding hydrogens is 214 g/mol. The van der Waals surface area contributed by atoms with E-state index >= 15 is 0 Å². The third-order valence-electron chi connectivity index (χ3n) is 4.08. The summed E-state index contributed by atoms with van der Waals surface area (Å²) in [4.78, 5) is 4.15. The smallest absolute Gasteiger partial charge is 0.0949 e. The minimum absolute atomic E-state index is 0.363. The topological polar surface area (TPSA) is 39.1 Å². The van der Waals surface area contributed by atoms with Gasteiger partial charge in [-0.3, -0.25) is 0 Å². The zero-order chi connectivity index (χ0) is 11.7. The summed E-state index contributed by atoms with van der Waals surface area (Å²) in [5.74, 6) is 0. The Labute approximate surface area is 102 Å². The van der Waals surface area contributed by atoms with Crippen molar-refractivity contribution in [1.29, 1.82) is 0 Å². The van der Waals surface area contributed by atoms with E-state index in [-0.39, 0.29) is 0 Å². The van der Waals surface area contributed by atoms with Crippen molar-refractivity contribution in [1.82, 2.24) is 14.9 Å². The molecule has 1 aliphatic carbocycles. The molecule has 3 rings (SSSR count). The van der Waals surface area contributed by atoms with Crippen LogP contribution >= 0.6 is 0 Å². The number of hydrogen-bond donors (Lipinski definition) is 1. The number of imidazole rings is 1. The molecule has 2 aliphatic rings. The molecule has 2 heterocycles. The van der Waals surface area contributed by atoms with E-state index in [0.29, 0.717) is 17.5 Å². The molecule has 0 aromatic carbocycles. The first kappa shape index (κ1) is 11.2. The van der Waals surface area contributed by atoms with Gasteiger partial charge in [0.2, 0.25) is 0 Å². The Morgan fingerprint density at radius 1 is 1.47 bits per heavy atom. The van der Waals surface area contributed by atoms with Gasteiger partial charge in [0.05, 0.1) is 19.5 Å². The van der Waals surface area contributed by atoms with Gasteiger partial charge in [-0.15, -0.1) is 0 Å². The van der Waals surface area contributed by atoms with E-state index in [2.05, 4.69) is 28.0 Å². The van der Waals surface area contributed by atoms with E-state index in [1.807, 2.05) is 12.5 Å². The van der Waals surface area contributed by atoms with Crippen molar-refractivity contribution >= 4 is 0 Å². The predicted molar refractivity (Wildman–Crippen MR) is 65.8 cm³/mol. The average Bonchev–Trinajstić information content (AvgIpc) is 2.93. The minimum Gasteiger partial charge on any atom is -0.380 e. The molecule has 0 bridgehead atoms. The molecule has 1 aromatic heterocycles. The molecule has 2 fully saturated rings. The maximum absolute atomic E-state index is 5.30. The van der Waals surface area contributed by atoms with Crippen LogP contribution in [0.5, 0.6) is 0 Å². The monoisotopic (exact) mass is 235 g/mol. The molecule has 1 saturated carbocycles. The highest BCUT2D eigenvalue weighted by molar-refractivity contribution is 4.93. The first-order valence-electron chi connectivity index (χ1n) is 6.55. The fraction of sp³-hybridized carbons (Fsp3) is 0.769. The molecule has 17 heavy (non-hydrogen) atoms. The molecular formula is C13H21N3O. The third kappa shape index (κ3) is 2.24. The van der Waals surface area contributed by atoms with Crippen LogP contribution in [0.4, 0.5) is 0 Å². The SMILES string of the molecule is CC1(CNC2CCCC2n2ccnc2)COC1. The highest BCUT2D eigenvalue weighted by Crippen LogP contribution is 2.32. The highest BCUT2D eigenvalue weighted by atomic mass is 16.5. The molecule has 1 saturated heterocycles. The van der Waals surface area contributed by atoms with Crippen LogP contribution in [0.25, 0.3) is 0 Å². The van der Waals surface area contributed by atoms with E-state index in [1.54, 1.807) is 0 Å². The summed E-state index contributed by atoms with van der Waals surface area (Å²) in [7, 11) is 0. The zero-order valence-electron chi connectivity index (χ0n) is 10.4. The Bertz CT molecular complexity index is 359. The summed E-state index contributed by atoms with van der Waals surface area (Å²) in [6.07, 6.45) is 9.75. The van der Waals surface area contributed by atoms with Crippen molar-refractivity contribution < 1.29 is 4.74 Å². The van der Waals surface area contributed by atoms with Crippen LogP contribution in [-0.4, -0.2) is 35.4 Å². The molecule has 4 nitrogen and oxygen atoms in total. The molecule has 2 unspecified atom stereocenters. The molecule has 1 aromatic rings. The Balaban J connectivity index is 1.58. The molecule has 0 radical (unpaired) electrons. The van der Waals surface area contributed by atoms with Gasteiger partial charge in [-0.25, -0.2) is 4.98 Å². The molecule has 2 atom stereocenters. The number of aromatic nitrogens is 2. The van der Waals surface area contributed by atoms with Crippen LogP contribution in [0, 0.1) is 5.41 Å². The number of hydrogen-bond acceptors (Lipinski definition) is 3. The van der Waals surface area contributed by atoms with Gasteiger partial charge in [0, 0.05) is 36.4 Å². The lowest BCUT2D eigenvalue weighted by molar-refractivity contribution is -0.100. The predicted octanol–water partition coefficient (Wildman–Crippen LogP) is 1.60. The van der Waals surface area contributed by atoms with Crippen molar-refractivity contribution in [2.45, 2.75) is 38.3 Å². The van der Waals surface area contributed by atoms with Crippen LogP contribution in [0.1, 0.15) is 32.2 Å². The Hall–Kier alpha value is -0.870. The summed E-state index contributed by atoms with van der Waals surface area (Å²) in [6, 6.07) is 1.18. The second-order valence-corrected chi connectivity index (χ2v) is 5.80.